The zero-order valence-corrected chi connectivity index (χ0v) is 20.0. The Morgan fingerprint density at radius 2 is 1.76 bits per heavy atom. The lowest BCUT2D eigenvalue weighted by Gasteiger charge is -2.35. The summed E-state index contributed by atoms with van der Waals surface area (Å²) in [6, 6.07) is 12.3. The molecule has 0 unspecified atom stereocenters. The van der Waals surface area contributed by atoms with Gasteiger partial charge in [0.15, 0.2) is 9.84 Å². The highest BCUT2D eigenvalue weighted by molar-refractivity contribution is 7.91. The number of hydrogen-bond donors (Lipinski definition) is 1. The standard InChI is InChI=1S/C25H29N3O5S/c1-25(19-11-10-17-6-2-3-7-18(17)14-19)23(30)27(24(31)26-25)15-22(29)28(20-8-4-5-9-20)21-12-13-34(32,33)16-21/h2-3,6-7,10-11,14,20-21H,4-5,8-9,12-13,15-16H2,1H3,(H,26,31)/t21-,25-/m0/s1. The summed E-state index contributed by atoms with van der Waals surface area (Å²) >= 11 is 0. The Morgan fingerprint density at radius 1 is 1.06 bits per heavy atom. The van der Waals surface area contributed by atoms with E-state index in [1.165, 1.54) is 0 Å². The minimum absolute atomic E-state index is 0.0431. The molecule has 3 aliphatic rings. The highest BCUT2D eigenvalue weighted by Crippen LogP contribution is 2.33. The minimum atomic E-state index is -3.18. The summed E-state index contributed by atoms with van der Waals surface area (Å²) < 4.78 is 24.2. The monoisotopic (exact) mass is 483 g/mol. The van der Waals surface area contributed by atoms with E-state index in [0.717, 1.165) is 41.4 Å². The molecule has 0 spiro atoms. The number of urea groups is 1. The molecular formula is C25H29N3O5S. The Balaban J connectivity index is 1.39. The van der Waals surface area contributed by atoms with E-state index < -0.39 is 33.4 Å². The maximum Gasteiger partial charge on any atom is 0.325 e. The molecule has 2 heterocycles. The number of fused-ring (bicyclic) bond motifs is 1. The third-order valence-corrected chi connectivity index (χ3v) is 9.25. The number of imide groups is 1. The molecule has 3 fully saturated rings. The van der Waals surface area contributed by atoms with Crippen LogP contribution in [-0.2, 0) is 25.0 Å². The van der Waals surface area contributed by atoms with Crippen LogP contribution in [0.15, 0.2) is 42.5 Å². The number of sulfone groups is 1. The van der Waals surface area contributed by atoms with Crippen LogP contribution in [0.1, 0.15) is 44.6 Å². The van der Waals surface area contributed by atoms with Crippen molar-refractivity contribution in [3.63, 3.8) is 0 Å². The summed E-state index contributed by atoms with van der Waals surface area (Å²) in [6.07, 6.45) is 4.00. The number of hydrogen-bond acceptors (Lipinski definition) is 5. The van der Waals surface area contributed by atoms with Crippen molar-refractivity contribution in [1.82, 2.24) is 15.1 Å². The van der Waals surface area contributed by atoms with Gasteiger partial charge in [-0.15, -0.1) is 0 Å². The summed E-state index contributed by atoms with van der Waals surface area (Å²) in [7, 11) is -3.18. The van der Waals surface area contributed by atoms with Crippen LogP contribution in [0.25, 0.3) is 10.8 Å². The van der Waals surface area contributed by atoms with Gasteiger partial charge in [-0.2, -0.15) is 0 Å². The van der Waals surface area contributed by atoms with Gasteiger partial charge in [0, 0.05) is 12.1 Å². The highest BCUT2D eigenvalue weighted by atomic mass is 32.2. The molecule has 0 bridgehead atoms. The van der Waals surface area contributed by atoms with Crippen molar-refractivity contribution < 1.29 is 22.8 Å². The predicted octanol–water partition coefficient (Wildman–Crippen LogP) is 2.57. The molecule has 0 radical (unpaired) electrons. The van der Waals surface area contributed by atoms with Gasteiger partial charge in [-0.05, 0) is 48.6 Å². The molecule has 34 heavy (non-hydrogen) atoms. The van der Waals surface area contributed by atoms with Crippen molar-refractivity contribution in [2.24, 2.45) is 0 Å². The Kier molecular flexibility index (Phi) is 5.62. The van der Waals surface area contributed by atoms with Crippen LogP contribution in [0.4, 0.5) is 4.79 Å². The predicted molar refractivity (Wildman–Crippen MR) is 128 cm³/mol. The van der Waals surface area contributed by atoms with Gasteiger partial charge in [-0.25, -0.2) is 13.2 Å². The first-order valence-corrected chi connectivity index (χ1v) is 13.6. The van der Waals surface area contributed by atoms with Gasteiger partial charge in [-0.1, -0.05) is 49.2 Å². The maximum atomic E-state index is 13.5. The average Bonchev–Trinajstić information content (AvgIpc) is 3.50. The Bertz CT molecular complexity index is 1270. The molecule has 4 amide bonds. The Hall–Kier alpha value is -2.94. The van der Waals surface area contributed by atoms with Gasteiger partial charge in [-0.3, -0.25) is 14.5 Å². The molecule has 5 rings (SSSR count). The first-order chi connectivity index (χ1) is 16.2. The molecule has 2 aromatic rings. The number of nitrogens with zero attached hydrogens (tertiary/aromatic N) is 2. The average molecular weight is 484 g/mol. The van der Waals surface area contributed by atoms with Crippen molar-refractivity contribution in [3.8, 4) is 0 Å². The van der Waals surface area contributed by atoms with Gasteiger partial charge in [0.1, 0.15) is 12.1 Å². The lowest BCUT2D eigenvalue weighted by molar-refractivity contribution is -0.141. The quantitative estimate of drug-likeness (QED) is 0.659. The van der Waals surface area contributed by atoms with Crippen molar-refractivity contribution in [2.75, 3.05) is 18.1 Å². The zero-order valence-electron chi connectivity index (χ0n) is 19.2. The number of nitrogens with one attached hydrogen (secondary N) is 1. The van der Waals surface area contributed by atoms with Crippen LogP contribution in [0, 0.1) is 0 Å². The van der Waals surface area contributed by atoms with E-state index >= 15 is 0 Å². The Labute approximate surface area is 199 Å². The summed E-state index contributed by atoms with van der Waals surface area (Å²) in [5, 5.41) is 4.76. The molecule has 2 atom stereocenters. The van der Waals surface area contributed by atoms with Crippen LogP contribution >= 0.6 is 0 Å². The highest BCUT2D eigenvalue weighted by Gasteiger charge is 2.50. The number of benzene rings is 2. The smallest absolute Gasteiger partial charge is 0.325 e. The molecule has 1 saturated carbocycles. The first kappa shape index (κ1) is 22.8. The molecule has 2 saturated heterocycles. The second kappa shape index (κ2) is 8.37. The number of carbonyl (C=O) groups is 3. The second-order valence-electron chi connectivity index (χ2n) is 9.80. The van der Waals surface area contributed by atoms with E-state index in [-0.39, 0.29) is 30.0 Å². The fourth-order valence-electron chi connectivity index (χ4n) is 5.64. The molecule has 2 aromatic carbocycles. The molecule has 1 N–H and O–H groups in total. The molecular weight excluding hydrogens is 454 g/mol. The van der Waals surface area contributed by atoms with E-state index in [9.17, 15) is 22.8 Å². The van der Waals surface area contributed by atoms with Gasteiger partial charge >= 0.3 is 6.03 Å². The summed E-state index contributed by atoms with van der Waals surface area (Å²) in [4.78, 5) is 42.4. The van der Waals surface area contributed by atoms with Gasteiger partial charge < -0.3 is 10.2 Å². The lowest BCUT2D eigenvalue weighted by atomic mass is 9.90. The van der Waals surface area contributed by atoms with Crippen molar-refractivity contribution in [1.29, 1.82) is 0 Å². The zero-order chi connectivity index (χ0) is 24.1. The summed E-state index contributed by atoms with van der Waals surface area (Å²) in [6.45, 7) is 1.26. The molecule has 9 heteroatoms. The topological polar surface area (TPSA) is 104 Å². The minimum Gasteiger partial charge on any atom is -0.334 e. The van der Waals surface area contributed by atoms with Crippen LogP contribution in [-0.4, -0.2) is 66.2 Å². The van der Waals surface area contributed by atoms with Crippen molar-refractivity contribution >= 4 is 38.5 Å². The number of carbonyl (C=O) groups excluding carboxylic acids is 3. The lowest BCUT2D eigenvalue weighted by Crippen LogP contribution is -2.51. The number of rotatable bonds is 5. The van der Waals surface area contributed by atoms with E-state index in [4.69, 9.17) is 0 Å². The van der Waals surface area contributed by atoms with Crippen LogP contribution in [0.3, 0.4) is 0 Å². The van der Waals surface area contributed by atoms with Crippen LogP contribution in [0.5, 0.6) is 0 Å². The van der Waals surface area contributed by atoms with Gasteiger partial charge in [0.25, 0.3) is 5.91 Å². The van der Waals surface area contributed by atoms with Crippen LogP contribution in [0.2, 0.25) is 0 Å². The third-order valence-electron chi connectivity index (χ3n) is 7.50. The van der Waals surface area contributed by atoms with Crippen molar-refractivity contribution in [3.05, 3.63) is 48.0 Å². The third kappa shape index (κ3) is 3.96. The summed E-state index contributed by atoms with van der Waals surface area (Å²) in [5.74, 6) is -0.826. The first-order valence-electron chi connectivity index (χ1n) is 11.8. The molecule has 2 aliphatic heterocycles. The molecule has 180 valence electrons. The number of amides is 4. The summed E-state index contributed by atoms with van der Waals surface area (Å²) in [5.41, 5.74) is -0.634. The van der Waals surface area contributed by atoms with E-state index in [2.05, 4.69) is 5.32 Å². The van der Waals surface area contributed by atoms with Crippen molar-refractivity contribution in [2.45, 2.75) is 56.7 Å². The van der Waals surface area contributed by atoms with Gasteiger partial charge in [0.05, 0.1) is 11.5 Å². The second-order valence-corrected chi connectivity index (χ2v) is 12.0. The fraction of sp³-hybridized carbons (Fsp3) is 0.480. The van der Waals surface area contributed by atoms with Crippen LogP contribution < -0.4 is 5.32 Å². The SMILES string of the molecule is C[C@@]1(c2ccc3ccccc3c2)NC(=O)N(CC(=O)N(C2CCCC2)[C@H]2CCS(=O)(=O)C2)C1=O. The molecule has 8 nitrogen and oxygen atoms in total. The van der Waals surface area contributed by atoms with E-state index in [1.807, 2.05) is 42.5 Å². The van der Waals surface area contributed by atoms with Gasteiger partial charge in [0.2, 0.25) is 5.91 Å². The largest absolute Gasteiger partial charge is 0.334 e. The fourth-order valence-corrected chi connectivity index (χ4v) is 7.35. The maximum absolute atomic E-state index is 13.5. The van der Waals surface area contributed by atoms with E-state index in [1.54, 1.807) is 11.8 Å². The Morgan fingerprint density at radius 3 is 2.44 bits per heavy atom. The normalized spacial score (nSPS) is 26.9. The molecule has 1 aliphatic carbocycles. The molecule has 0 aromatic heterocycles. The van der Waals surface area contributed by atoms with E-state index in [0.29, 0.717) is 12.0 Å².